The first-order valence-electron chi connectivity index (χ1n) is 6.28. The van der Waals surface area contributed by atoms with Crippen LogP contribution >= 0.6 is 11.3 Å². The van der Waals surface area contributed by atoms with E-state index >= 15 is 0 Å². The summed E-state index contributed by atoms with van der Waals surface area (Å²) >= 11 is 1.62. The van der Waals surface area contributed by atoms with Crippen molar-refractivity contribution >= 4 is 23.3 Å². The third-order valence-corrected chi connectivity index (χ3v) is 3.70. The molecule has 0 aliphatic carbocycles. The fourth-order valence-electron chi connectivity index (χ4n) is 1.92. The van der Waals surface area contributed by atoms with E-state index in [4.69, 9.17) is 4.42 Å². The highest BCUT2D eigenvalue weighted by Gasteiger charge is 2.15. The largest absolute Gasteiger partial charge is 0.407 e. The Morgan fingerprint density at radius 2 is 2.33 bits per heavy atom. The molecule has 3 rings (SSSR count). The van der Waals surface area contributed by atoms with E-state index in [2.05, 4.69) is 20.6 Å². The Morgan fingerprint density at radius 3 is 3.00 bits per heavy atom. The molecule has 0 saturated carbocycles. The Morgan fingerprint density at radius 1 is 1.48 bits per heavy atom. The Bertz CT molecular complexity index is 759. The topological polar surface area (TPSA) is 85.8 Å². The van der Waals surface area contributed by atoms with E-state index in [0.29, 0.717) is 18.0 Å². The van der Waals surface area contributed by atoms with Gasteiger partial charge in [-0.2, -0.15) is 5.10 Å². The fourth-order valence-corrected chi connectivity index (χ4v) is 2.62. The lowest BCUT2D eigenvalue weighted by atomic mass is 10.3. The highest BCUT2D eigenvalue weighted by atomic mass is 32.1. The van der Waals surface area contributed by atoms with E-state index in [9.17, 15) is 4.79 Å². The molecule has 0 aliphatic rings. The number of amides is 1. The SMILES string of the molecule is Cc1cc(C(=O)Nc2nnc(Cc3cccs3)o2)n(C)n1. The molecule has 21 heavy (non-hydrogen) atoms. The average molecular weight is 303 g/mol. The van der Waals surface area contributed by atoms with Crippen LogP contribution in [0.4, 0.5) is 6.01 Å². The Labute approximate surface area is 124 Å². The summed E-state index contributed by atoms with van der Waals surface area (Å²) in [4.78, 5) is 13.2. The molecule has 1 N–H and O–H groups in total. The smallest absolute Gasteiger partial charge is 0.322 e. The van der Waals surface area contributed by atoms with Crippen molar-refractivity contribution in [2.75, 3.05) is 5.32 Å². The predicted octanol–water partition coefficient (Wildman–Crippen LogP) is 2.02. The van der Waals surface area contributed by atoms with Gasteiger partial charge in [0.1, 0.15) is 5.69 Å². The van der Waals surface area contributed by atoms with Crippen molar-refractivity contribution in [3.05, 3.63) is 45.7 Å². The second-order valence-corrected chi connectivity index (χ2v) is 5.54. The summed E-state index contributed by atoms with van der Waals surface area (Å²) in [5.74, 6) is 0.137. The van der Waals surface area contributed by atoms with Crippen molar-refractivity contribution in [3.63, 3.8) is 0 Å². The summed E-state index contributed by atoms with van der Waals surface area (Å²) < 4.78 is 6.93. The molecule has 0 spiro atoms. The van der Waals surface area contributed by atoms with Gasteiger partial charge in [0.05, 0.1) is 12.1 Å². The summed E-state index contributed by atoms with van der Waals surface area (Å²) in [6.07, 6.45) is 0.561. The lowest BCUT2D eigenvalue weighted by Gasteiger charge is -1.99. The maximum absolute atomic E-state index is 12.1. The summed E-state index contributed by atoms with van der Waals surface area (Å²) in [6, 6.07) is 5.73. The quantitative estimate of drug-likeness (QED) is 0.797. The third kappa shape index (κ3) is 3.00. The van der Waals surface area contributed by atoms with Gasteiger partial charge in [0.25, 0.3) is 5.91 Å². The number of hydrogen-bond donors (Lipinski definition) is 1. The number of aromatic nitrogens is 4. The molecule has 0 fully saturated rings. The van der Waals surface area contributed by atoms with E-state index in [1.165, 1.54) is 4.68 Å². The van der Waals surface area contributed by atoms with Crippen LogP contribution in [0.1, 0.15) is 27.0 Å². The Hall–Kier alpha value is -2.48. The van der Waals surface area contributed by atoms with Gasteiger partial charge in [0.2, 0.25) is 5.89 Å². The van der Waals surface area contributed by atoms with Gasteiger partial charge >= 0.3 is 6.01 Å². The highest BCUT2D eigenvalue weighted by molar-refractivity contribution is 7.09. The second-order valence-electron chi connectivity index (χ2n) is 4.51. The van der Waals surface area contributed by atoms with Gasteiger partial charge < -0.3 is 4.42 Å². The average Bonchev–Trinajstić information content (AvgIpc) is 3.13. The van der Waals surface area contributed by atoms with Gasteiger partial charge in [-0.05, 0) is 24.4 Å². The molecular weight excluding hydrogens is 290 g/mol. The number of nitrogens with one attached hydrogen (secondary N) is 1. The monoisotopic (exact) mass is 303 g/mol. The zero-order valence-corrected chi connectivity index (χ0v) is 12.3. The molecular formula is C13H13N5O2S. The van der Waals surface area contributed by atoms with Crippen LogP contribution in [0.5, 0.6) is 0 Å². The van der Waals surface area contributed by atoms with Crippen molar-refractivity contribution in [1.29, 1.82) is 0 Å². The fraction of sp³-hybridized carbons (Fsp3) is 0.231. The zero-order chi connectivity index (χ0) is 14.8. The van der Waals surface area contributed by atoms with Crippen molar-refractivity contribution < 1.29 is 9.21 Å². The number of hydrogen-bond acceptors (Lipinski definition) is 6. The van der Waals surface area contributed by atoms with Crippen LogP contribution in [0.15, 0.2) is 28.0 Å². The standard InChI is InChI=1S/C13H13N5O2S/c1-8-6-10(18(2)17-8)12(19)14-13-16-15-11(20-13)7-9-4-3-5-21-9/h3-6H,7H2,1-2H3,(H,14,16,19). The first kappa shape index (κ1) is 13.5. The van der Waals surface area contributed by atoms with Crippen LogP contribution in [-0.4, -0.2) is 25.9 Å². The molecule has 3 aromatic heterocycles. The minimum absolute atomic E-state index is 0.0883. The lowest BCUT2D eigenvalue weighted by Crippen LogP contribution is -2.16. The van der Waals surface area contributed by atoms with Crippen molar-refractivity contribution in [2.45, 2.75) is 13.3 Å². The highest BCUT2D eigenvalue weighted by Crippen LogP contribution is 2.16. The van der Waals surface area contributed by atoms with Gasteiger partial charge in [-0.3, -0.25) is 14.8 Å². The number of rotatable bonds is 4. The molecule has 0 unspecified atom stereocenters. The van der Waals surface area contributed by atoms with Crippen LogP contribution < -0.4 is 5.32 Å². The van der Waals surface area contributed by atoms with E-state index < -0.39 is 0 Å². The molecule has 7 nitrogen and oxygen atoms in total. The van der Waals surface area contributed by atoms with Crippen LogP contribution in [0.25, 0.3) is 0 Å². The van der Waals surface area contributed by atoms with Crippen molar-refractivity contribution in [1.82, 2.24) is 20.0 Å². The molecule has 3 heterocycles. The van der Waals surface area contributed by atoms with E-state index in [1.54, 1.807) is 24.5 Å². The Kier molecular flexibility index (Phi) is 3.53. The zero-order valence-electron chi connectivity index (χ0n) is 11.5. The maximum atomic E-state index is 12.1. The normalized spacial score (nSPS) is 10.8. The first-order valence-corrected chi connectivity index (χ1v) is 7.16. The molecule has 0 atom stereocenters. The lowest BCUT2D eigenvalue weighted by molar-refractivity contribution is 0.101. The van der Waals surface area contributed by atoms with Crippen LogP contribution in [-0.2, 0) is 13.5 Å². The summed E-state index contributed by atoms with van der Waals surface area (Å²) in [7, 11) is 1.71. The van der Waals surface area contributed by atoms with Gasteiger partial charge in [-0.15, -0.1) is 16.4 Å². The predicted molar refractivity (Wildman–Crippen MR) is 77.3 cm³/mol. The summed E-state index contributed by atoms with van der Waals surface area (Å²) in [5, 5.41) is 16.4. The first-order chi connectivity index (χ1) is 10.1. The van der Waals surface area contributed by atoms with Crippen LogP contribution in [0, 0.1) is 6.92 Å². The number of nitrogens with zero attached hydrogens (tertiary/aromatic N) is 4. The van der Waals surface area contributed by atoms with Crippen molar-refractivity contribution in [2.24, 2.45) is 7.05 Å². The minimum Gasteiger partial charge on any atom is -0.407 e. The molecule has 0 bridgehead atoms. The maximum Gasteiger partial charge on any atom is 0.322 e. The van der Waals surface area contributed by atoms with Crippen LogP contribution in [0.3, 0.4) is 0 Å². The van der Waals surface area contributed by atoms with Gasteiger partial charge in [-0.25, -0.2) is 0 Å². The number of carbonyl (C=O) groups excluding carboxylic acids is 1. The number of aryl methyl sites for hydroxylation is 2. The van der Waals surface area contributed by atoms with Crippen LogP contribution in [0.2, 0.25) is 0 Å². The van der Waals surface area contributed by atoms with Gasteiger partial charge in [0.15, 0.2) is 0 Å². The van der Waals surface area contributed by atoms with Gasteiger partial charge in [0, 0.05) is 11.9 Å². The summed E-state index contributed by atoms with van der Waals surface area (Å²) in [6.45, 7) is 1.82. The van der Waals surface area contributed by atoms with E-state index in [1.807, 2.05) is 24.4 Å². The molecule has 0 aromatic carbocycles. The molecule has 108 valence electrons. The molecule has 8 heteroatoms. The van der Waals surface area contributed by atoms with Crippen molar-refractivity contribution in [3.8, 4) is 0 Å². The van der Waals surface area contributed by atoms with E-state index in [-0.39, 0.29) is 11.9 Å². The molecule has 0 radical (unpaired) electrons. The molecule has 0 saturated heterocycles. The van der Waals surface area contributed by atoms with E-state index in [0.717, 1.165) is 10.6 Å². The second kappa shape index (κ2) is 5.49. The number of thiophene rings is 1. The Balaban J connectivity index is 1.69. The third-order valence-electron chi connectivity index (χ3n) is 2.83. The molecule has 3 aromatic rings. The molecule has 1 amide bonds. The van der Waals surface area contributed by atoms with Gasteiger partial charge in [-0.1, -0.05) is 11.2 Å². The number of carbonyl (C=O) groups is 1. The number of anilines is 1. The molecule has 0 aliphatic heterocycles. The minimum atomic E-state index is -0.329. The summed E-state index contributed by atoms with van der Waals surface area (Å²) in [5.41, 5.74) is 1.21.